The summed E-state index contributed by atoms with van der Waals surface area (Å²) in [6, 6.07) is 8.92. The van der Waals surface area contributed by atoms with E-state index in [9.17, 15) is 14.4 Å². The molecule has 1 unspecified atom stereocenters. The van der Waals surface area contributed by atoms with Crippen molar-refractivity contribution in [2.24, 2.45) is 10.9 Å². The molecule has 1 aromatic carbocycles. The van der Waals surface area contributed by atoms with Gasteiger partial charge in [-0.25, -0.2) is 4.79 Å². The summed E-state index contributed by atoms with van der Waals surface area (Å²) in [5.41, 5.74) is 0.777. The monoisotopic (exact) mass is 291 g/mol. The summed E-state index contributed by atoms with van der Waals surface area (Å²) in [6.45, 7) is 0.0301. The van der Waals surface area contributed by atoms with Crippen molar-refractivity contribution < 1.29 is 29.3 Å². The molecular weight excluding hydrogens is 278 g/mol. The number of carboxylic acids is 2. The second-order valence-electron chi connectivity index (χ2n) is 3.99. The van der Waals surface area contributed by atoms with Gasteiger partial charge in [0.05, 0.1) is 12.3 Å². The molecule has 0 saturated heterocycles. The summed E-state index contributed by atoms with van der Waals surface area (Å²) in [7, 11) is 0. The first kappa shape index (κ1) is 16.1. The molecule has 110 valence electrons. The molecule has 0 fully saturated rings. The number of aliphatic imine (C=N–C) groups is 1. The molecule has 7 nitrogen and oxygen atoms in total. The molecule has 0 aliphatic carbocycles. The second kappa shape index (κ2) is 8.29. The van der Waals surface area contributed by atoms with Crippen LogP contribution in [0.15, 0.2) is 41.4 Å². The third kappa shape index (κ3) is 6.70. The van der Waals surface area contributed by atoms with Gasteiger partial charge in [0.2, 0.25) is 0 Å². The van der Waals surface area contributed by atoms with Crippen LogP contribution in [0.1, 0.15) is 12.0 Å². The SMILES string of the molecule is O=C(O)CC(C=C=NC(=O)OCc1ccccc1)C(=O)O. The fraction of sp³-hybridized carbons (Fsp3) is 0.214. The van der Waals surface area contributed by atoms with Gasteiger partial charge in [0.25, 0.3) is 0 Å². The molecule has 0 heterocycles. The van der Waals surface area contributed by atoms with E-state index in [0.29, 0.717) is 0 Å². The predicted octanol–water partition coefficient (Wildman–Crippen LogP) is 1.72. The van der Waals surface area contributed by atoms with Crippen LogP contribution in [0.25, 0.3) is 0 Å². The Balaban J connectivity index is 2.53. The molecule has 1 amide bonds. The maximum absolute atomic E-state index is 11.3. The number of carboxylic acid groups (broad SMARTS) is 2. The minimum absolute atomic E-state index is 0.0301. The molecule has 2 N–H and O–H groups in total. The number of hydrogen-bond donors (Lipinski definition) is 2. The summed E-state index contributed by atoms with van der Waals surface area (Å²) in [4.78, 5) is 35.7. The molecule has 0 bridgehead atoms. The fourth-order valence-corrected chi connectivity index (χ4v) is 1.34. The first-order valence-corrected chi connectivity index (χ1v) is 5.94. The molecule has 0 aromatic heterocycles. The van der Waals surface area contributed by atoms with Crippen LogP contribution in [0.3, 0.4) is 0 Å². The number of hydrogen-bond acceptors (Lipinski definition) is 4. The van der Waals surface area contributed by atoms with E-state index in [2.05, 4.69) is 10.9 Å². The van der Waals surface area contributed by atoms with Gasteiger partial charge in [-0.05, 0) is 17.5 Å². The topological polar surface area (TPSA) is 113 Å². The van der Waals surface area contributed by atoms with Crippen LogP contribution in [0.2, 0.25) is 0 Å². The Morgan fingerprint density at radius 1 is 1.24 bits per heavy atom. The number of ether oxygens (including phenoxy) is 1. The van der Waals surface area contributed by atoms with Crippen molar-refractivity contribution in [3.63, 3.8) is 0 Å². The Hall–Kier alpha value is -2.92. The van der Waals surface area contributed by atoms with Crippen LogP contribution in [-0.2, 0) is 20.9 Å². The predicted molar refractivity (Wildman–Crippen MR) is 72.0 cm³/mol. The third-order valence-corrected chi connectivity index (χ3v) is 2.35. The minimum atomic E-state index is -1.34. The first-order chi connectivity index (χ1) is 9.99. The van der Waals surface area contributed by atoms with Crippen LogP contribution < -0.4 is 0 Å². The molecule has 1 rings (SSSR count). The van der Waals surface area contributed by atoms with Crippen molar-refractivity contribution in [2.45, 2.75) is 13.0 Å². The van der Waals surface area contributed by atoms with E-state index in [1.807, 2.05) is 6.07 Å². The van der Waals surface area contributed by atoms with Crippen LogP contribution in [0.4, 0.5) is 4.79 Å². The van der Waals surface area contributed by atoms with Crippen molar-refractivity contribution in [1.82, 2.24) is 0 Å². The lowest BCUT2D eigenvalue weighted by molar-refractivity contribution is -0.146. The highest BCUT2D eigenvalue weighted by Crippen LogP contribution is 2.04. The number of carbonyl (C=O) groups is 3. The Morgan fingerprint density at radius 3 is 2.48 bits per heavy atom. The number of rotatable bonds is 6. The smallest absolute Gasteiger partial charge is 0.442 e. The second-order valence-corrected chi connectivity index (χ2v) is 3.99. The van der Waals surface area contributed by atoms with Crippen LogP contribution in [0.5, 0.6) is 0 Å². The number of benzene rings is 1. The standard InChI is InChI=1S/C14H13NO6/c16-12(17)8-11(13(18)19)6-7-15-14(20)21-9-10-4-2-1-3-5-10/h1-6,11H,8-9H2,(H,16,17)(H,18,19). The fourth-order valence-electron chi connectivity index (χ4n) is 1.34. The van der Waals surface area contributed by atoms with Crippen molar-refractivity contribution >= 4 is 23.9 Å². The van der Waals surface area contributed by atoms with Gasteiger partial charge in [0, 0.05) is 0 Å². The Bertz CT molecular complexity index is 574. The molecule has 0 spiro atoms. The number of amides is 1. The minimum Gasteiger partial charge on any atom is -0.481 e. The third-order valence-electron chi connectivity index (χ3n) is 2.35. The lowest BCUT2D eigenvalue weighted by atomic mass is 10.1. The zero-order valence-electron chi connectivity index (χ0n) is 10.9. The quantitative estimate of drug-likeness (QED) is 0.771. The zero-order valence-corrected chi connectivity index (χ0v) is 10.9. The van der Waals surface area contributed by atoms with Gasteiger partial charge < -0.3 is 14.9 Å². The average molecular weight is 291 g/mol. The summed E-state index contributed by atoms with van der Waals surface area (Å²) in [5, 5.41) is 17.3. The summed E-state index contributed by atoms with van der Waals surface area (Å²) >= 11 is 0. The van der Waals surface area contributed by atoms with E-state index in [4.69, 9.17) is 14.9 Å². The molecule has 7 heteroatoms. The normalized spacial score (nSPS) is 10.9. The Kier molecular flexibility index (Phi) is 6.37. The van der Waals surface area contributed by atoms with E-state index in [1.165, 1.54) is 0 Å². The van der Waals surface area contributed by atoms with E-state index < -0.39 is 30.4 Å². The van der Waals surface area contributed by atoms with Gasteiger partial charge in [0.1, 0.15) is 6.61 Å². The van der Waals surface area contributed by atoms with Crippen molar-refractivity contribution in [3.05, 3.63) is 42.0 Å². The summed E-state index contributed by atoms with van der Waals surface area (Å²) in [6.07, 6.45) is -0.647. The molecule has 0 aliphatic rings. The van der Waals surface area contributed by atoms with Gasteiger partial charge in [-0.1, -0.05) is 30.3 Å². The van der Waals surface area contributed by atoms with E-state index in [1.54, 1.807) is 24.3 Å². The summed E-state index contributed by atoms with van der Waals surface area (Å²) in [5.74, 6) is -1.82. The molecule has 1 atom stereocenters. The van der Waals surface area contributed by atoms with Crippen molar-refractivity contribution in [3.8, 4) is 0 Å². The van der Waals surface area contributed by atoms with Gasteiger partial charge >= 0.3 is 18.0 Å². The van der Waals surface area contributed by atoms with Gasteiger partial charge in [-0.2, -0.15) is 0 Å². The molecule has 0 saturated carbocycles. The molecule has 21 heavy (non-hydrogen) atoms. The van der Waals surface area contributed by atoms with Crippen molar-refractivity contribution in [1.29, 1.82) is 0 Å². The maximum Gasteiger partial charge on any atom is 0.442 e. The highest BCUT2D eigenvalue weighted by molar-refractivity contribution is 5.83. The number of aliphatic carboxylic acids is 2. The highest BCUT2D eigenvalue weighted by atomic mass is 16.5. The molecule has 1 aromatic rings. The van der Waals surface area contributed by atoms with Gasteiger partial charge in [0.15, 0.2) is 0 Å². The van der Waals surface area contributed by atoms with Gasteiger partial charge in [-0.3, -0.25) is 9.59 Å². The van der Waals surface area contributed by atoms with Crippen LogP contribution in [-0.4, -0.2) is 34.1 Å². The lowest BCUT2D eigenvalue weighted by Crippen LogP contribution is -2.15. The van der Waals surface area contributed by atoms with Crippen LogP contribution in [0, 0.1) is 5.92 Å². The van der Waals surface area contributed by atoms with Crippen LogP contribution >= 0.6 is 0 Å². The maximum atomic E-state index is 11.3. The Morgan fingerprint density at radius 2 is 1.90 bits per heavy atom. The van der Waals surface area contributed by atoms with E-state index in [0.717, 1.165) is 11.6 Å². The molecular formula is C14H13NO6. The van der Waals surface area contributed by atoms with Crippen molar-refractivity contribution in [2.75, 3.05) is 0 Å². The lowest BCUT2D eigenvalue weighted by Gasteiger charge is -2.01. The van der Waals surface area contributed by atoms with E-state index in [-0.39, 0.29) is 6.61 Å². The average Bonchev–Trinajstić information content (AvgIpc) is 2.44. The number of nitrogens with zero attached hydrogens (tertiary/aromatic N) is 1. The Labute approximate surface area is 120 Å². The van der Waals surface area contributed by atoms with Gasteiger partial charge in [-0.15, -0.1) is 4.99 Å². The largest absolute Gasteiger partial charge is 0.481 e. The first-order valence-electron chi connectivity index (χ1n) is 5.94. The number of carbonyl (C=O) groups excluding carboxylic acids is 1. The zero-order chi connectivity index (χ0) is 15.7. The molecule has 0 radical (unpaired) electrons. The highest BCUT2D eigenvalue weighted by Gasteiger charge is 2.17. The van der Waals surface area contributed by atoms with E-state index >= 15 is 0 Å². The summed E-state index contributed by atoms with van der Waals surface area (Å²) < 4.78 is 4.80. The molecule has 0 aliphatic heterocycles.